The van der Waals surface area contributed by atoms with E-state index in [-0.39, 0.29) is 5.54 Å². The number of piperidine rings is 1. The molecule has 0 aromatic rings. The van der Waals surface area contributed by atoms with Crippen molar-refractivity contribution in [2.24, 2.45) is 0 Å². The van der Waals surface area contributed by atoms with Gasteiger partial charge in [-0.2, -0.15) is 0 Å². The number of hydrogen-bond acceptors (Lipinski definition) is 2. The Morgan fingerprint density at radius 1 is 1.14 bits per heavy atom. The molecule has 0 bridgehead atoms. The van der Waals surface area contributed by atoms with Gasteiger partial charge in [-0.1, -0.05) is 0 Å². The topological polar surface area (TPSA) is 23.6 Å². The lowest BCUT2D eigenvalue weighted by Crippen LogP contribution is -2.63. The van der Waals surface area contributed by atoms with Crippen molar-refractivity contribution >= 4 is 6.41 Å². The Morgan fingerprint density at radius 3 is 2.07 bits per heavy atom. The van der Waals surface area contributed by atoms with E-state index < -0.39 is 0 Å². The largest absolute Gasteiger partial charge is 0.339 e. The van der Waals surface area contributed by atoms with Crippen molar-refractivity contribution in [1.29, 1.82) is 0 Å². The summed E-state index contributed by atoms with van der Waals surface area (Å²) in [5.41, 5.74) is 0.257. The average molecular weight is 196 g/mol. The molecule has 14 heavy (non-hydrogen) atoms. The van der Waals surface area contributed by atoms with E-state index in [1.165, 1.54) is 19.3 Å². The van der Waals surface area contributed by atoms with Gasteiger partial charge >= 0.3 is 0 Å². The van der Waals surface area contributed by atoms with Crippen LogP contribution < -0.4 is 0 Å². The molecule has 0 unspecified atom stereocenters. The first-order chi connectivity index (χ1) is 6.68. The number of hydrogen-bond donors (Lipinski definition) is 0. The summed E-state index contributed by atoms with van der Waals surface area (Å²) >= 11 is 0. The van der Waals surface area contributed by atoms with E-state index in [1.807, 2.05) is 4.90 Å². The highest BCUT2D eigenvalue weighted by molar-refractivity contribution is 5.51. The quantitative estimate of drug-likeness (QED) is 0.617. The molecule has 0 radical (unpaired) electrons. The Kier molecular flexibility index (Phi) is 2.52. The van der Waals surface area contributed by atoms with Crippen molar-refractivity contribution in [2.45, 2.75) is 44.7 Å². The second-order valence-corrected chi connectivity index (χ2v) is 4.90. The van der Waals surface area contributed by atoms with Crippen LogP contribution in [0.5, 0.6) is 0 Å². The van der Waals surface area contributed by atoms with Crippen LogP contribution in [0.3, 0.4) is 0 Å². The zero-order chi connectivity index (χ0) is 10.2. The van der Waals surface area contributed by atoms with Crippen molar-refractivity contribution in [2.75, 3.05) is 19.6 Å². The molecule has 2 heterocycles. The maximum atomic E-state index is 10.8. The fourth-order valence-electron chi connectivity index (χ4n) is 2.72. The van der Waals surface area contributed by atoms with Crippen LogP contribution >= 0.6 is 0 Å². The summed E-state index contributed by atoms with van der Waals surface area (Å²) in [5, 5.41) is 0. The smallest absolute Gasteiger partial charge is 0.210 e. The first-order valence-electron chi connectivity index (χ1n) is 5.64. The van der Waals surface area contributed by atoms with Crippen LogP contribution in [0.4, 0.5) is 0 Å². The highest BCUT2D eigenvalue weighted by atomic mass is 16.1. The zero-order valence-corrected chi connectivity index (χ0v) is 9.20. The maximum absolute atomic E-state index is 10.8. The van der Waals surface area contributed by atoms with Crippen molar-refractivity contribution in [1.82, 2.24) is 9.80 Å². The van der Waals surface area contributed by atoms with Gasteiger partial charge in [-0.3, -0.25) is 4.79 Å². The molecule has 2 rings (SSSR count). The monoisotopic (exact) mass is 196 g/mol. The summed E-state index contributed by atoms with van der Waals surface area (Å²) in [7, 11) is 0. The Balaban J connectivity index is 1.92. The van der Waals surface area contributed by atoms with Crippen LogP contribution in [0, 0.1) is 0 Å². The van der Waals surface area contributed by atoms with Gasteiger partial charge in [0.2, 0.25) is 6.41 Å². The summed E-state index contributed by atoms with van der Waals surface area (Å²) in [6.45, 7) is 7.78. The minimum absolute atomic E-state index is 0.257. The fraction of sp³-hybridized carbons (Fsp3) is 0.909. The number of carbonyl (C=O) groups excluding carboxylic acids is 1. The van der Waals surface area contributed by atoms with E-state index in [0.717, 1.165) is 26.0 Å². The lowest BCUT2D eigenvalue weighted by atomic mass is 9.76. The third kappa shape index (κ3) is 1.44. The number of rotatable bonds is 2. The van der Waals surface area contributed by atoms with Crippen LogP contribution in [-0.4, -0.2) is 47.4 Å². The van der Waals surface area contributed by atoms with Gasteiger partial charge in [0.1, 0.15) is 0 Å². The van der Waals surface area contributed by atoms with Crippen LogP contribution in [-0.2, 0) is 4.79 Å². The first kappa shape index (κ1) is 9.97. The van der Waals surface area contributed by atoms with E-state index in [2.05, 4.69) is 18.7 Å². The van der Waals surface area contributed by atoms with Gasteiger partial charge in [0, 0.05) is 31.2 Å². The van der Waals surface area contributed by atoms with Crippen molar-refractivity contribution < 1.29 is 4.79 Å². The van der Waals surface area contributed by atoms with Gasteiger partial charge in [-0.05, 0) is 33.1 Å². The molecule has 2 fully saturated rings. The molecule has 2 aliphatic heterocycles. The van der Waals surface area contributed by atoms with Gasteiger partial charge in [0.15, 0.2) is 0 Å². The minimum atomic E-state index is 0.257. The van der Waals surface area contributed by atoms with E-state index in [9.17, 15) is 4.79 Å². The lowest BCUT2D eigenvalue weighted by Gasteiger charge is -2.55. The molecule has 1 spiro atoms. The van der Waals surface area contributed by atoms with E-state index in [4.69, 9.17) is 0 Å². The van der Waals surface area contributed by atoms with Gasteiger partial charge in [-0.25, -0.2) is 0 Å². The molecule has 2 aliphatic rings. The number of nitrogens with zero attached hydrogens (tertiary/aromatic N) is 2. The number of amides is 1. The Bertz CT molecular complexity index is 219. The molecular weight excluding hydrogens is 176 g/mol. The Labute approximate surface area is 86.1 Å². The molecule has 0 N–H and O–H groups in total. The van der Waals surface area contributed by atoms with Crippen LogP contribution in [0.1, 0.15) is 33.1 Å². The van der Waals surface area contributed by atoms with E-state index in [0.29, 0.717) is 6.04 Å². The molecule has 0 aliphatic carbocycles. The molecule has 0 atom stereocenters. The third-order valence-corrected chi connectivity index (χ3v) is 4.01. The predicted octanol–water partition coefficient (Wildman–Crippen LogP) is 1.09. The molecule has 80 valence electrons. The van der Waals surface area contributed by atoms with E-state index >= 15 is 0 Å². The first-order valence-corrected chi connectivity index (χ1v) is 5.64. The molecule has 0 saturated carbocycles. The molecule has 1 amide bonds. The molecule has 0 aromatic heterocycles. The van der Waals surface area contributed by atoms with Crippen LogP contribution in [0.2, 0.25) is 0 Å². The average Bonchev–Trinajstić information content (AvgIpc) is 2.17. The molecule has 3 nitrogen and oxygen atoms in total. The summed E-state index contributed by atoms with van der Waals surface area (Å²) in [5.74, 6) is 0. The van der Waals surface area contributed by atoms with E-state index in [1.54, 1.807) is 0 Å². The number of carbonyl (C=O) groups is 1. The van der Waals surface area contributed by atoms with Crippen molar-refractivity contribution in [3.05, 3.63) is 0 Å². The minimum Gasteiger partial charge on any atom is -0.339 e. The Hall–Kier alpha value is -0.570. The SMILES string of the molecule is CC(C)N1CCC2(CC1)CCN2C=O. The van der Waals surface area contributed by atoms with Crippen LogP contribution in [0.15, 0.2) is 0 Å². The highest BCUT2D eigenvalue weighted by Gasteiger charge is 2.45. The molecular formula is C11H20N2O. The molecule has 2 saturated heterocycles. The zero-order valence-electron chi connectivity index (χ0n) is 9.20. The summed E-state index contributed by atoms with van der Waals surface area (Å²) in [6.07, 6.45) is 4.60. The van der Waals surface area contributed by atoms with Gasteiger partial charge in [0.05, 0.1) is 0 Å². The predicted molar refractivity (Wildman–Crippen MR) is 56.1 cm³/mol. The highest BCUT2D eigenvalue weighted by Crippen LogP contribution is 2.38. The second-order valence-electron chi connectivity index (χ2n) is 4.90. The van der Waals surface area contributed by atoms with Crippen molar-refractivity contribution in [3.63, 3.8) is 0 Å². The molecule has 0 aromatic carbocycles. The van der Waals surface area contributed by atoms with Crippen molar-refractivity contribution in [3.8, 4) is 0 Å². The third-order valence-electron chi connectivity index (χ3n) is 4.01. The normalized spacial score (nSPS) is 26.6. The number of likely N-dealkylation sites (tertiary alicyclic amines) is 2. The fourth-order valence-corrected chi connectivity index (χ4v) is 2.72. The summed E-state index contributed by atoms with van der Waals surface area (Å²) in [6, 6.07) is 0.650. The van der Waals surface area contributed by atoms with Gasteiger partial charge < -0.3 is 9.80 Å². The standard InChI is InChI=1S/C11H20N2O/c1-10(2)12-6-3-11(4-7-12)5-8-13(11)9-14/h9-10H,3-8H2,1-2H3. The lowest BCUT2D eigenvalue weighted by molar-refractivity contribution is -0.137. The summed E-state index contributed by atoms with van der Waals surface area (Å²) in [4.78, 5) is 15.3. The van der Waals surface area contributed by atoms with Gasteiger partial charge in [-0.15, -0.1) is 0 Å². The summed E-state index contributed by atoms with van der Waals surface area (Å²) < 4.78 is 0. The maximum Gasteiger partial charge on any atom is 0.210 e. The van der Waals surface area contributed by atoms with Crippen LogP contribution in [0.25, 0.3) is 0 Å². The van der Waals surface area contributed by atoms with Gasteiger partial charge in [0.25, 0.3) is 0 Å². The second kappa shape index (κ2) is 3.54. The molecule has 3 heteroatoms. The Morgan fingerprint density at radius 2 is 1.71 bits per heavy atom.